The Morgan fingerprint density at radius 3 is 2.67 bits per heavy atom. The zero-order valence-corrected chi connectivity index (χ0v) is 11.7. The summed E-state index contributed by atoms with van der Waals surface area (Å²) in [6.07, 6.45) is 2.60. The molecule has 1 fully saturated rings. The van der Waals surface area contributed by atoms with Crippen molar-refractivity contribution in [2.24, 2.45) is 0 Å². The molecule has 1 aliphatic rings. The lowest BCUT2D eigenvalue weighted by molar-refractivity contribution is -0.0663. The summed E-state index contributed by atoms with van der Waals surface area (Å²) in [6.45, 7) is 8.37. The van der Waals surface area contributed by atoms with Gasteiger partial charge in [-0.3, -0.25) is 0 Å². The van der Waals surface area contributed by atoms with Crippen molar-refractivity contribution in [1.29, 1.82) is 0 Å². The van der Waals surface area contributed by atoms with Crippen LogP contribution in [0.25, 0.3) is 0 Å². The molecule has 1 saturated heterocycles. The third kappa shape index (κ3) is 2.72. The highest BCUT2D eigenvalue weighted by atomic mass is 16.5. The molecule has 1 atom stereocenters. The van der Waals surface area contributed by atoms with Crippen LogP contribution >= 0.6 is 0 Å². The normalized spacial score (nSPS) is 24.8. The Hall–Kier alpha value is -1.36. The first-order chi connectivity index (χ1) is 8.32. The second-order valence-electron chi connectivity index (χ2n) is 5.79. The number of rotatable bonds is 3. The molecule has 0 bridgehead atoms. The second kappa shape index (κ2) is 4.39. The maximum Gasteiger partial charge on any atom is 0.226 e. The molecule has 1 unspecified atom stereocenters. The molecular formula is C13H21N3O2. The number of nitrogens with zero attached hydrogens (tertiary/aromatic N) is 2. The first-order valence-electron chi connectivity index (χ1n) is 6.16. The molecule has 1 aromatic heterocycles. The summed E-state index contributed by atoms with van der Waals surface area (Å²) in [5.41, 5.74) is -0.365. The van der Waals surface area contributed by atoms with Crippen LogP contribution in [0, 0.1) is 0 Å². The van der Waals surface area contributed by atoms with Crippen LogP contribution in [0.2, 0.25) is 0 Å². The Morgan fingerprint density at radius 2 is 2.11 bits per heavy atom. The van der Waals surface area contributed by atoms with Crippen molar-refractivity contribution in [3.05, 3.63) is 12.3 Å². The van der Waals surface area contributed by atoms with Crippen molar-refractivity contribution < 1.29 is 9.47 Å². The van der Waals surface area contributed by atoms with Crippen molar-refractivity contribution in [1.82, 2.24) is 9.97 Å². The minimum absolute atomic E-state index is 0.125. The van der Waals surface area contributed by atoms with Gasteiger partial charge >= 0.3 is 0 Å². The average Bonchev–Trinajstić information content (AvgIpc) is 2.47. The SMILES string of the molecule is COc1ccnc(NC2CC(C)(C)OC2(C)C)n1. The van der Waals surface area contributed by atoms with Crippen molar-refractivity contribution in [3.63, 3.8) is 0 Å². The molecule has 2 heterocycles. The van der Waals surface area contributed by atoms with Crippen molar-refractivity contribution in [3.8, 4) is 5.88 Å². The predicted molar refractivity (Wildman–Crippen MR) is 69.9 cm³/mol. The highest BCUT2D eigenvalue weighted by molar-refractivity contribution is 5.31. The third-order valence-corrected chi connectivity index (χ3v) is 3.22. The zero-order valence-electron chi connectivity index (χ0n) is 11.7. The molecule has 0 saturated carbocycles. The van der Waals surface area contributed by atoms with Crippen LogP contribution in [0.3, 0.4) is 0 Å². The summed E-state index contributed by atoms with van der Waals surface area (Å²) in [6, 6.07) is 1.91. The van der Waals surface area contributed by atoms with Crippen molar-refractivity contribution >= 4 is 5.95 Å². The lowest BCUT2D eigenvalue weighted by Crippen LogP contribution is -2.38. The summed E-state index contributed by atoms with van der Waals surface area (Å²) in [7, 11) is 1.60. The van der Waals surface area contributed by atoms with Gasteiger partial charge in [0, 0.05) is 12.3 Å². The summed E-state index contributed by atoms with van der Waals surface area (Å²) < 4.78 is 11.1. The van der Waals surface area contributed by atoms with E-state index in [1.807, 2.05) is 0 Å². The molecule has 5 nitrogen and oxygen atoms in total. The van der Waals surface area contributed by atoms with E-state index >= 15 is 0 Å². The lowest BCUT2D eigenvalue weighted by Gasteiger charge is -2.27. The van der Waals surface area contributed by atoms with Gasteiger partial charge in [0.25, 0.3) is 0 Å². The Kier molecular flexibility index (Phi) is 3.19. The third-order valence-electron chi connectivity index (χ3n) is 3.22. The number of nitrogens with one attached hydrogen (secondary N) is 1. The van der Waals surface area contributed by atoms with E-state index in [0.717, 1.165) is 6.42 Å². The van der Waals surface area contributed by atoms with Crippen LogP contribution in [0.5, 0.6) is 5.88 Å². The molecule has 0 radical (unpaired) electrons. The highest BCUT2D eigenvalue weighted by Gasteiger charge is 2.46. The number of methoxy groups -OCH3 is 1. The summed E-state index contributed by atoms with van der Waals surface area (Å²) in [5.74, 6) is 1.14. The lowest BCUT2D eigenvalue weighted by atomic mass is 9.95. The van der Waals surface area contributed by atoms with E-state index in [0.29, 0.717) is 11.8 Å². The van der Waals surface area contributed by atoms with Gasteiger partial charge in [0.15, 0.2) is 0 Å². The molecule has 1 aromatic rings. The number of hydrogen-bond donors (Lipinski definition) is 1. The van der Waals surface area contributed by atoms with Crippen LogP contribution < -0.4 is 10.1 Å². The molecule has 2 rings (SSSR count). The van der Waals surface area contributed by atoms with Gasteiger partial charge in [-0.05, 0) is 34.1 Å². The van der Waals surface area contributed by atoms with Crippen molar-refractivity contribution in [2.45, 2.75) is 51.4 Å². The quantitative estimate of drug-likeness (QED) is 0.893. The summed E-state index contributed by atoms with van der Waals surface area (Å²) in [4.78, 5) is 8.47. The molecule has 18 heavy (non-hydrogen) atoms. The smallest absolute Gasteiger partial charge is 0.226 e. The fourth-order valence-corrected chi connectivity index (χ4v) is 2.47. The minimum atomic E-state index is -0.240. The molecule has 100 valence electrons. The number of anilines is 1. The molecule has 0 aromatic carbocycles. The van der Waals surface area contributed by atoms with E-state index in [-0.39, 0.29) is 17.2 Å². The Bertz CT molecular complexity index is 432. The van der Waals surface area contributed by atoms with Crippen LogP contribution in [-0.4, -0.2) is 34.3 Å². The van der Waals surface area contributed by atoms with Gasteiger partial charge in [0.1, 0.15) is 0 Å². The topological polar surface area (TPSA) is 56.3 Å². The van der Waals surface area contributed by atoms with Gasteiger partial charge < -0.3 is 14.8 Å². The van der Waals surface area contributed by atoms with Gasteiger partial charge in [-0.15, -0.1) is 0 Å². The molecule has 0 aliphatic carbocycles. The molecule has 5 heteroatoms. The number of ether oxygens (including phenoxy) is 2. The molecule has 0 amide bonds. The average molecular weight is 251 g/mol. The van der Waals surface area contributed by atoms with E-state index < -0.39 is 0 Å². The zero-order chi connectivity index (χ0) is 13.4. The van der Waals surface area contributed by atoms with E-state index in [4.69, 9.17) is 9.47 Å². The van der Waals surface area contributed by atoms with Crippen LogP contribution in [-0.2, 0) is 4.74 Å². The number of hydrogen-bond acceptors (Lipinski definition) is 5. The Labute approximate surface area is 108 Å². The molecule has 1 aliphatic heterocycles. The van der Waals surface area contributed by atoms with Crippen LogP contribution in [0.15, 0.2) is 12.3 Å². The maximum absolute atomic E-state index is 6.03. The van der Waals surface area contributed by atoms with E-state index in [2.05, 4.69) is 43.0 Å². The standard InChI is InChI=1S/C13H21N3O2/c1-12(2)8-9(13(3,4)18-12)15-11-14-7-6-10(16-11)17-5/h6-7,9H,8H2,1-5H3,(H,14,15,16). The summed E-state index contributed by atoms with van der Waals surface area (Å²) >= 11 is 0. The minimum Gasteiger partial charge on any atom is -0.481 e. The van der Waals surface area contributed by atoms with Crippen molar-refractivity contribution in [2.75, 3.05) is 12.4 Å². The largest absolute Gasteiger partial charge is 0.481 e. The van der Waals surface area contributed by atoms with Gasteiger partial charge in [-0.25, -0.2) is 4.98 Å². The highest BCUT2D eigenvalue weighted by Crippen LogP contribution is 2.38. The van der Waals surface area contributed by atoms with Crippen LogP contribution in [0.4, 0.5) is 5.95 Å². The van der Waals surface area contributed by atoms with E-state index in [1.54, 1.807) is 19.4 Å². The van der Waals surface area contributed by atoms with E-state index in [1.165, 1.54) is 0 Å². The van der Waals surface area contributed by atoms with Gasteiger partial charge in [0.05, 0.1) is 24.4 Å². The predicted octanol–water partition coefficient (Wildman–Crippen LogP) is 2.24. The molecule has 1 N–H and O–H groups in total. The Morgan fingerprint density at radius 1 is 1.39 bits per heavy atom. The van der Waals surface area contributed by atoms with Gasteiger partial charge in [-0.2, -0.15) is 4.98 Å². The molecular weight excluding hydrogens is 230 g/mol. The van der Waals surface area contributed by atoms with Crippen LogP contribution in [0.1, 0.15) is 34.1 Å². The number of aromatic nitrogens is 2. The second-order valence-corrected chi connectivity index (χ2v) is 5.79. The fraction of sp³-hybridized carbons (Fsp3) is 0.692. The first-order valence-corrected chi connectivity index (χ1v) is 6.16. The monoisotopic (exact) mass is 251 g/mol. The van der Waals surface area contributed by atoms with E-state index in [9.17, 15) is 0 Å². The molecule has 0 spiro atoms. The van der Waals surface area contributed by atoms with Gasteiger partial charge in [0.2, 0.25) is 11.8 Å². The maximum atomic E-state index is 6.03. The summed E-state index contributed by atoms with van der Waals surface area (Å²) in [5, 5.41) is 3.33. The first kappa shape index (κ1) is 13.1. The van der Waals surface area contributed by atoms with Gasteiger partial charge in [-0.1, -0.05) is 0 Å². The fourth-order valence-electron chi connectivity index (χ4n) is 2.47. The Balaban J connectivity index is 2.13.